The highest BCUT2D eigenvalue weighted by Crippen LogP contribution is 2.55. The average Bonchev–Trinajstić information content (AvgIpc) is 2.74. The Labute approximate surface area is 178 Å². The van der Waals surface area contributed by atoms with Crippen LogP contribution in [0.15, 0.2) is 78.9 Å². The van der Waals surface area contributed by atoms with Crippen molar-refractivity contribution in [2.24, 2.45) is 0 Å². The molecule has 4 aromatic rings. The summed E-state index contributed by atoms with van der Waals surface area (Å²) in [6.45, 7) is 6.98. The Balaban J connectivity index is 1.78. The number of para-hydroxylation sites is 1. The molecule has 1 heterocycles. The van der Waals surface area contributed by atoms with Gasteiger partial charge in [0.05, 0.1) is 11.4 Å². The van der Waals surface area contributed by atoms with Crippen molar-refractivity contribution in [1.29, 1.82) is 0 Å². The van der Waals surface area contributed by atoms with Crippen molar-refractivity contribution in [1.82, 2.24) is 0 Å². The Hall–Kier alpha value is -3.32. The van der Waals surface area contributed by atoms with E-state index in [0.717, 1.165) is 6.42 Å². The second-order valence-corrected chi connectivity index (χ2v) is 9.12. The summed E-state index contributed by atoms with van der Waals surface area (Å²) >= 11 is 0. The fourth-order valence-corrected chi connectivity index (χ4v) is 5.55. The number of hydrogen-bond donors (Lipinski definition) is 0. The van der Waals surface area contributed by atoms with E-state index >= 15 is 0 Å². The Bertz CT molecular complexity index is 1340. The summed E-state index contributed by atoms with van der Waals surface area (Å²) in [5.41, 5.74) is 10.7. The lowest BCUT2D eigenvalue weighted by Crippen LogP contribution is -2.32. The summed E-state index contributed by atoms with van der Waals surface area (Å²) in [6.07, 6.45) is 5.60. The molecule has 1 aliphatic heterocycles. The number of fused-ring (bicyclic) bond motifs is 3. The maximum atomic E-state index is 2.48. The van der Waals surface area contributed by atoms with Crippen LogP contribution in [0.2, 0.25) is 0 Å². The van der Waals surface area contributed by atoms with Gasteiger partial charge in [0.25, 0.3) is 0 Å². The zero-order chi connectivity index (χ0) is 20.5. The van der Waals surface area contributed by atoms with Crippen LogP contribution in [0.3, 0.4) is 0 Å². The monoisotopic (exact) mass is 387 g/mol. The molecule has 6 rings (SSSR count). The van der Waals surface area contributed by atoms with Gasteiger partial charge in [-0.25, -0.2) is 0 Å². The van der Waals surface area contributed by atoms with Gasteiger partial charge in [0.15, 0.2) is 0 Å². The summed E-state index contributed by atoms with van der Waals surface area (Å²) in [7, 11) is 0. The predicted octanol–water partition coefficient (Wildman–Crippen LogP) is 7.83. The predicted molar refractivity (Wildman–Crippen MR) is 128 cm³/mol. The van der Waals surface area contributed by atoms with E-state index in [1.807, 2.05) is 0 Å². The van der Waals surface area contributed by atoms with Crippen molar-refractivity contribution < 1.29 is 0 Å². The molecule has 0 aromatic heterocycles. The Morgan fingerprint density at radius 1 is 0.833 bits per heavy atom. The highest BCUT2D eigenvalue weighted by Gasteiger charge is 2.39. The molecule has 0 N–H and O–H groups in total. The van der Waals surface area contributed by atoms with Gasteiger partial charge in [-0.3, -0.25) is 0 Å². The van der Waals surface area contributed by atoms with Crippen LogP contribution in [0.25, 0.3) is 16.8 Å². The number of allylic oxidation sites excluding steroid dienone is 1. The van der Waals surface area contributed by atoms with E-state index in [4.69, 9.17) is 0 Å². The number of nitrogens with zero attached hydrogens (tertiary/aromatic N) is 1. The minimum Gasteiger partial charge on any atom is -0.310 e. The van der Waals surface area contributed by atoms with E-state index in [-0.39, 0.29) is 5.41 Å². The van der Waals surface area contributed by atoms with E-state index < -0.39 is 0 Å². The molecule has 0 radical (unpaired) electrons. The first-order chi connectivity index (χ1) is 14.6. The minimum absolute atomic E-state index is 0.0640. The van der Waals surface area contributed by atoms with E-state index in [1.165, 1.54) is 55.7 Å². The van der Waals surface area contributed by atoms with Gasteiger partial charge < -0.3 is 4.90 Å². The lowest BCUT2D eigenvalue weighted by molar-refractivity contribution is 0.626. The Kier molecular flexibility index (Phi) is 3.56. The topological polar surface area (TPSA) is 3.24 Å². The second-order valence-electron chi connectivity index (χ2n) is 9.12. The lowest BCUT2D eigenvalue weighted by atomic mass is 9.69. The molecule has 0 unspecified atom stereocenters. The highest BCUT2D eigenvalue weighted by molar-refractivity contribution is 6.02. The third kappa shape index (κ3) is 2.29. The fraction of sp³-hybridized carbons (Fsp3) is 0.172. The van der Waals surface area contributed by atoms with Gasteiger partial charge in [0.1, 0.15) is 0 Å². The van der Waals surface area contributed by atoms with Gasteiger partial charge in [0.2, 0.25) is 0 Å². The lowest BCUT2D eigenvalue weighted by Gasteiger charge is -2.44. The molecule has 0 fully saturated rings. The van der Waals surface area contributed by atoms with Crippen LogP contribution in [0.1, 0.15) is 41.7 Å². The molecule has 0 saturated heterocycles. The SMILES string of the molecule is Cc1ccc2c(c1)N(c1ccccc1)c1cc3cccc4c3c(c1C2(C)C)CC=C4. The van der Waals surface area contributed by atoms with Gasteiger partial charge in [-0.1, -0.05) is 74.5 Å². The number of anilines is 3. The van der Waals surface area contributed by atoms with E-state index in [2.05, 4.69) is 111 Å². The maximum Gasteiger partial charge on any atom is 0.0511 e. The zero-order valence-corrected chi connectivity index (χ0v) is 17.7. The summed E-state index contributed by atoms with van der Waals surface area (Å²) in [4.78, 5) is 2.48. The third-order valence-electron chi connectivity index (χ3n) is 6.85. The van der Waals surface area contributed by atoms with Crippen LogP contribution in [0.5, 0.6) is 0 Å². The van der Waals surface area contributed by atoms with E-state index in [9.17, 15) is 0 Å². The average molecular weight is 388 g/mol. The molecule has 1 aliphatic carbocycles. The van der Waals surface area contributed by atoms with E-state index in [1.54, 1.807) is 0 Å². The first-order valence-electron chi connectivity index (χ1n) is 10.8. The third-order valence-corrected chi connectivity index (χ3v) is 6.85. The van der Waals surface area contributed by atoms with E-state index in [0.29, 0.717) is 0 Å². The van der Waals surface area contributed by atoms with Crippen molar-refractivity contribution in [3.63, 3.8) is 0 Å². The van der Waals surface area contributed by atoms with Crippen LogP contribution in [-0.2, 0) is 11.8 Å². The molecule has 30 heavy (non-hydrogen) atoms. The number of aryl methyl sites for hydroxylation is 1. The summed E-state index contributed by atoms with van der Waals surface area (Å²) in [5.74, 6) is 0. The Morgan fingerprint density at radius 2 is 1.67 bits per heavy atom. The molecular weight excluding hydrogens is 362 g/mol. The summed E-state index contributed by atoms with van der Waals surface area (Å²) < 4.78 is 0. The van der Waals surface area contributed by atoms with Gasteiger partial charge in [-0.2, -0.15) is 0 Å². The number of rotatable bonds is 1. The molecule has 0 amide bonds. The van der Waals surface area contributed by atoms with Gasteiger partial charge in [-0.15, -0.1) is 0 Å². The highest BCUT2D eigenvalue weighted by atomic mass is 15.2. The summed E-state index contributed by atoms with van der Waals surface area (Å²) in [5, 5.41) is 2.76. The van der Waals surface area contributed by atoms with Crippen LogP contribution in [0.4, 0.5) is 17.1 Å². The van der Waals surface area contributed by atoms with Gasteiger partial charge in [-0.05, 0) is 76.2 Å². The standard InChI is InChI=1S/C29H25N/c1-19-15-16-24-25(17-19)30(22-12-5-4-6-13-22)26-18-21-11-7-9-20-10-8-14-23(27(20)21)28(26)29(24,2)3/h4-13,15-18H,14H2,1-3H3. The molecular formula is C29H25N. The van der Waals surface area contributed by atoms with Gasteiger partial charge in [0, 0.05) is 11.1 Å². The molecule has 0 atom stereocenters. The fourth-order valence-electron chi connectivity index (χ4n) is 5.55. The molecule has 0 saturated carbocycles. The first kappa shape index (κ1) is 17.5. The largest absolute Gasteiger partial charge is 0.310 e. The second kappa shape index (κ2) is 6.09. The zero-order valence-electron chi connectivity index (χ0n) is 17.7. The molecule has 0 bridgehead atoms. The smallest absolute Gasteiger partial charge is 0.0511 e. The van der Waals surface area contributed by atoms with Crippen LogP contribution < -0.4 is 4.90 Å². The van der Waals surface area contributed by atoms with Crippen molar-refractivity contribution in [3.8, 4) is 0 Å². The normalized spacial score (nSPS) is 15.8. The molecule has 2 aliphatic rings. The molecule has 0 spiro atoms. The number of benzene rings is 4. The molecule has 1 heteroatoms. The van der Waals surface area contributed by atoms with Crippen LogP contribution >= 0.6 is 0 Å². The quantitative estimate of drug-likeness (QED) is 0.322. The number of hydrogen-bond acceptors (Lipinski definition) is 1. The van der Waals surface area contributed by atoms with Gasteiger partial charge >= 0.3 is 0 Å². The Morgan fingerprint density at radius 3 is 2.50 bits per heavy atom. The molecule has 4 aromatic carbocycles. The van der Waals surface area contributed by atoms with Crippen molar-refractivity contribution >= 4 is 33.9 Å². The maximum absolute atomic E-state index is 2.48. The minimum atomic E-state index is -0.0640. The first-order valence-corrected chi connectivity index (χ1v) is 10.8. The molecule has 1 nitrogen and oxygen atoms in total. The van der Waals surface area contributed by atoms with Crippen molar-refractivity contribution in [2.45, 2.75) is 32.6 Å². The molecule has 146 valence electrons. The van der Waals surface area contributed by atoms with Crippen LogP contribution in [0, 0.1) is 6.92 Å². The van der Waals surface area contributed by atoms with Crippen molar-refractivity contribution in [3.05, 3.63) is 107 Å². The van der Waals surface area contributed by atoms with Crippen LogP contribution in [-0.4, -0.2) is 0 Å². The van der Waals surface area contributed by atoms with Crippen molar-refractivity contribution in [2.75, 3.05) is 4.90 Å². The summed E-state index contributed by atoms with van der Waals surface area (Å²) in [6, 6.07) is 26.9.